The fraction of sp³-hybridized carbons (Fsp3) is 0.625. The Balaban J connectivity index is 4.84. The van der Waals surface area contributed by atoms with Gasteiger partial charge in [-0.05, 0) is 79.7 Å². The molecule has 0 spiro atoms. The lowest BCUT2D eigenvalue weighted by Crippen LogP contribution is -2.16. The molecule has 0 heterocycles. The van der Waals surface area contributed by atoms with Gasteiger partial charge >= 0.3 is 5.97 Å². The van der Waals surface area contributed by atoms with Gasteiger partial charge in [0.15, 0.2) is 0 Å². The summed E-state index contributed by atoms with van der Waals surface area (Å²) in [5.74, 6) is -0.0959. The fourth-order valence-corrected chi connectivity index (χ4v) is 2.58. The standard InChI is InChI=1S/C24H40O2/c1-8-11-24(25)26-23(18-22(7)15-10-13-20(4)5)17-16-21(6)14-9-12-19(2)3/h12-13,16,18,23H,8-11,14-15,17H2,1-7H3/b21-16+,22-18+. The molecule has 0 N–H and O–H groups in total. The molecule has 0 aromatic heterocycles. The third-order valence-corrected chi connectivity index (χ3v) is 4.09. The molecule has 1 atom stereocenters. The topological polar surface area (TPSA) is 26.3 Å². The van der Waals surface area contributed by atoms with E-state index in [4.69, 9.17) is 4.74 Å². The van der Waals surface area contributed by atoms with Crippen molar-refractivity contribution in [3.8, 4) is 0 Å². The molecule has 1 unspecified atom stereocenters. The predicted molar refractivity (Wildman–Crippen MR) is 114 cm³/mol. The van der Waals surface area contributed by atoms with Crippen molar-refractivity contribution < 1.29 is 9.53 Å². The molecule has 2 heteroatoms. The first kappa shape index (κ1) is 24.4. The van der Waals surface area contributed by atoms with Gasteiger partial charge in [0.2, 0.25) is 0 Å². The van der Waals surface area contributed by atoms with Gasteiger partial charge in [-0.15, -0.1) is 0 Å². The summed E-state index contributed by atoms with van der Waals surface area (Å²) >= 11 is 0. The first-order valence-corrected chi connectivity index (χ1v) is 10.0. The number of rotatable bonds is 12. The zero-order valence-corrected chi connectivity index (χ0v) is 18.2. The molecular weight excluding hydrogens is 320 g/mol. The zero-order chi connectivity index (χ0) is 19.9. The van der Waals surface area contributed by atoms with Gasteiger partial charge in [0.1, 0.15) is 6.10 Å². The van der Waals surface area contributed by atoms with Crippen molar-refractivity contribution in [2.45, 2.75) is 99.5 Å². The minimum Gasteiger partial charge on any atom is -0.458 e. The monoisotopic (exact) mass is 360 g/mol. The van der Waals surface area contributed by atoms with Crippen molar-refractivity contribution in [2.24, 2.45) is 0 Å². The van der Waals surface area contributed by atoms with Crippen molar-refractivity contribution in [3.05, 3.63) is 46.6 Å². The Morgan fingerprint density at radius 3 is 1.85 bits per heavy atom. The number of hydrogen-bond donors (Lipinski definition) is 0. The van der Waals surface area contributed by atoms with E-state index in [2.05, 4.69) is 65.8 Å². The molecule has 0 aromatic rings. The van der Waals surface area contributed by atoms with E-state index in [9.17, 15) is 4.79 Å². The van der Waals surface area contributed by atoms with Crippen LogP contribution in [0, 0.1) is 0 Å². The maximum atomic E-state index is 11.9. The maximum absolute atomic E-state index is 11.9. The minimum absolute atomic E-state index is 0.0959. The van der Waals surface area contributed by atoms with Crippen LogP contribution in [0.4, 0.5) is 0 Å². The number of ether oxygens (including phenoxy) is 1. The van der Waals surface area contributed by atoms with E-state index in [1.807, 2.05) is 6.92 Å². The second-order valence-electron chi connectivity index (χ2n) is 7.72. The van der Waals surface area contributed by atoms with E-state index in [-0.39, 0.29) is 12.1 Å². The Bertz CT molecular complexity index is 524. The molecule has 0 aliphatic heterocycles. The van der Waals surface area contributed by atoms with Crippen LogP contribution in [0.1, 0.15) is 93.4 Å². The molecule has 148 valence electrons. The number of carbonyl (C=O) groups is 1. The highest BCUT2D eigenvalue weighted by Crippen LogP contribution is 2.15. The Kier molecular flexibility index (Phi) is 13.7. The van der Waals surface area contributed by atoms with E-state index in [1.165, 1.54) is 22.3 Å². The van der Waals surface area contributed by atoms with Crippen LogP contribution in [-0.2, 0) is 9.53 Å². The quantitative estimate of drug-likeness (QED) is 0.266. The normalized spacial score (nSPS) is 13.2. The van der Waals surface area contributed by atoms with Gasteiger partial charge < -0.3 is 4.74 Å². The van der Waals surface area contributed by atoms with E-state index in [1.54, 1.807) is 0 Å². The second kappa shape index (κ2) is 14.6. The molecule has 0 saturated carbocycles. The predicted octanol–water partition coefficient (Wildman–Crippen LogP) is 7.47. The summed E-state index contributed by atoms with van der Waals surface area (Å²) in [6.45, 7) is 14.8. The average molecular weight is 361 g/mol. The number of esters is 1. The molecule has 0 rings (SSSR count). The van der Waals surface area contributed by atoms with Crippen LogP contribution in [0.15, 0.2) is 46.6 Å². The highest BCUT2D eigenvalue weighted by Gasteiger charge is 2.11. The van der Waals surface area contributed by atoms with Crippen molar-refractivity contribution in [3.63, 3.8) is 0 Å². The third kappa shape index (κ3) is 14.7. The molecule has 0 aliphatic rings. The zero-order valence-electron chi connectivity index (χ0n) is 18.2. The highest BCUT2D eigenvalue weighted by atomic mass is 16.5. The third-order valence-electron chi connectivity index (χ3n) is 4.09. The van der Waals surface area contributed by atoms with Crippen LogP contribution in [-0.4, -0.2) is 12.1 Å². The Hall–Kier alpha value is -1.57. The van der Waals surface area contributed by atoms with Gasteiger partial charge in [-0.3, -0.25) is 4.79 Å². The summed E-state index contributed by atoms with van der Waals surface area (Å²) < 4.78 is 5.69. The van der Waals surface area contributed by atoms with Crippen molar-refractivity contribution in [1.29, 1.82) is 0 Å². The van der Waals surface area contributed by atoms with Gasteiger partial charge in [0, 0.05) is 12.8 Å². The maximum Gasteiger partial charge on any atom is 0.306 e. The molecule has 0 bridgehead atoms. The Morgan fingerprint density at radius 2 is 1.35 bits per heavy atom. The van der Waals surface area contributed by atoms with E-state index < -0.39 is 0 Å². The second-order valence-corrected chi connectivity index (χ2v) is 7.72. The van der Waals surface area contributed by atoms with Crippen LogP contribution in [0.5, 0.6) is 0 Å². The van der Waals surface area contributed by atoms with Gasteiger partial charge in [0.25, 0.3) is 0 Å². The van der Waals surface area contributed by atoms with E-state index >= 15 is 0 Å². The van der Waals surface area contributed by atoms with Gasteiger partial charge in [-0.2, -0.15) is 0 Å². The first-order valence-electron chi connectivity index (χ1n) is 10.0. The SMILES string of the molecule is CCCC(=O)OC(/C=C(\C)CCC=C(C)C)C/C=C(\C)CCC=C(C)C. The molecule has 0 fully saturated rings. The van der Waals surface area contributed by atoms with Crippen LogP contribution in [0.2, 0.25) is 0 Å². The number of hydrogen-bond acceptors (Lipinski definition) is 2. The van der Waals surface area contributed by atoms with Crippen LogP contribution in [0.25, 0.3) is 0 Å². The summed E-state index contributed by atoms with van der Waals surface area (Å²) in [5, 5.41) is 0. The van der Waals surface area contributed by atoms with E-state index in [0.29, 0.717) is 6.42 Å². The molecule has 0 radical (unpaired) electrons. The summed E-state index contributed by atoms with van der Waals surface area (Å²) in [6, 6.07) is 0. The number of carbonyl (C=O) groups excluding carboxylic acids is 1. The highest BCUT2D eigenvalue weighted by molar-refractivity contribution is 5.69. The summed E-state index contributed by atoms with van der Waals surface area (Å²) in [5.41, 5.74) is 5.35. The lowest BCUT2D eigenvalue weighted by molar-refractivity contribution is -0.146. The van der Waals surface area contributed by atoms with Crippen molar-refractivity contribution >= 4 is 5.97 Å². The van der Waals surface area contributed by atoms with Crippen LogP contribution < -0.4 is 0 Å². The fourth-order valence-electron chi connectivity index (χ4n) is 2.58. The molecular formula is C24H40O2. The van der Waals surface area contributed by atoms with Gasteiger partial charge in [0.05, 0.1) is 0 Å². The molecule has 0 aliphatic carbocycles. The van der Waals surface area contributed by atoms with Gasteiger partial charge in [-0.1, -0.05) is 47.4 Å². The molecule has 0 amide bonds. The molecule has 2 nitrogen and oxygen atoms in total. The van der Waals surface area contributed by atoms with E-state index in [0.717, 1.165) is 38.5 Å². The van der Waals surface area contributed by atoms with Crippen LogP contribution in [0.3, 0.4) is 0 Å². The smallest absolute Gasteiger partial charge is 0.306 e. The molecule has 0 saturated heterocycles. The summed E-state index contributed by atoms with van der Waals surface area (Å²) in [4.78, 5) is 11.9. The van der Waals surface area contributed by atoms with Crippen molar-refractivity contribution in [2.75, 3.05) is 0 Å². The number of allylic oxidation sites excluding steroid dienone is 6. The summed E-state index contributed by atoms with van der Waals surface area (Å²) in [6.07, 6.45) is 15.0. The summed E-state index contributed by atoms with van der Waals surface area (Å²) in [7, 11) is 0. The molecule has 0 aromatic carbocycles. The Labute approximate surface area is 162 Å². The lowest BCUT2D eigenvalue weighted by atomic mass is 10.0. The van der Waals surface area contributed by atoms with Gasteiger partial charge in [-0.25, -0.2) is 0 Å². The molecule has 26 heavy (non-hydrogen) atoms. The van der Waals surface area contributed by atoms with Crippen LogP contribution >= 0.6 is 0 Å². The Morgan fingerprint density at radius 1 is 0.808 bits per heavy atom. The van der Waals surface area contributed by atoms with Crippen molar-refractivity contribution in [1.82, 2.24) is 0 Å². The largest absolute Gasteiger partial charge is 0.458 e. The average Bonchev–Trinajstić information content (AvgIpc) is 2.52. The minimum atomic E-state index is -0.154. The lowest BCUT2D eigenvalue weighted by Gasteiger charge is -2.15. The first-order chi connectivity index (χ1) is 12.2.